The van der Waals surface area contributed by atoms with Crippen LogP contribution in [0.1, 0.15) is 206 Å². The standard InChI is InChI=1S/C55H100O14/c1-3-5-7-9-11-13-15-17-19-21-22-24-26-28-30-32-34-36-38-47(57)67-44(41-64-39-37-35-33-31-29-27-25-23-20-18-16-14-12-10-8-6-4-2)42-65-54-53(63)51(61)49(59)46(69-54)43-66-55-52(62)50(60)48(58)45(40-56)68-55/h13,15,19-21,23,44-46,48-56,58-63H,3-12,14,16-18,22,24-43H2,1-2H3/b15-13-,21-19-,23-20-. The number of carbonyl (C=O) groups is 1. The number of ether oxygens (including phenoxy) is 6. The van der Waals surface area contributed by atoms with E-state index in [2.05, 4.69) is 50.3 Å². The van der Waals surface area contributed by atoms with E-state index in [0.29, 0.717) is 13.0 Å². The molecule has 0 saturated carbocycles. The van der Waals surface area contributed by atoms with Crippen molar-refractivity contribution >= 4 is 5.97 Å². The van der Waals surface area contributed by atoms with Crippen LogP contribution in [0.5, 0.6) is 0 Å². The van der Waals surface area contributed by atoms with Crippen LogP contribution in [0.4, 0.5) is 0 Å². The van der Waals surface area contributed by atoms with Crippen LogP contribution in [-0.2, 0) is 33.2 Å². The summed E-state index contributed by atoms with van der Waals surface area (Å²) in [6, 6.07) is 0. The van der Waals surface area contributed by atoms with E-state index in [9.17, 15) is 40.5 Å². The Kier molecular flexibility index (Phi) is 39.2. The minimum absolute atomic E-state index is 0.0551. The Balaban J connectivity index is 1.75. The average Bonchev–Trinajstić information content (AvgIpc) is 3.35. The van der Waals surface area contributed by atoms with Crippen LogP contribution in [-0.4, -0.2) is 142 Å². The van der Waals surface area contributed by atoms with Gasteiger partial charge in [-0.2, -0.15) is 0 Å². The number of aliphatic hydroxyl groups excluding tert-OH is 7. The quantitative estimate of drug-likeness (QED) is 0.0173. The zero-order valence-electron chi connectivity index (χ0n) is 43.1. The lowest BCUT2D eigenvalue weighted by Crippen LogP contribution is -2.61. The fourth-order valence-electron chi connectivity index (χ4n) is 8.60. The van der Waals surface area contributed by atoms with Crippen LogP contribution >= 0.6 is 0 Å². The van der Waals surface area contributed by atoms with E-state index in [1.54, 1.807) is 0 Å². The van der Waals surface area contributed by atoms with E-state index >= 15 is 0 Å². The third kappa shape index (κ3) is 30.1. The molecule has 0 aromatic carbocycles. The predicted molar refractivity (Wildman–Crippen MR) is 270 cm³/mol. The minimum Gasteiger partial charge on any atom is -0.457 e. The van der Waals surface area contributed by atoms with Crippen LogP contribution in [0, 0.1) is 0 Å². The molecular weight excluding hydrogens is 885 g/mol. The molecule has 69 heavy (non-hydrogen) atoms. The van der Waals surface area contributed by atoms with Crippen molar-refractivity contribution in [3.8, 4) is 0 Å². The molecule has 0 aliphatic carbocycles. The number of allylic oxidation sites excluding steroid dienone is 6. The number of hydrogen-bond acceptors (Lipinski definition) is 14. The van der Waals surface area contributed by atoms with E-state index in [0.717, 1.165) is 57.8 Å². The van der Waals surface area contributed by atoms with Crippen molar-refractivity contribution in [2.75, 3.05) is 33.0 Å². The summed E-state index contributed by atoms with van der Waals surface area (Å²) < 4.78 is 34.3. The molecule has 0 spiro atoms. The fraction of sp³-hybridized carbons (Fsp3) is 0.873. The molecule has 2 heterocycles. The zero-order chi connectivity index (χ0) is 50.2. The number of aliphatic hydroxyl groups is 7. The van der Waals surface area contributed by atoms with E-state index in [-0.39, 0.29) is 25.6 Å². The van der Waals surface area contributed by atoms with Crippen LogP contribution in [0.3, 0.4) is 0 Å². The average molecular weight is 985 g/mol. The normalized spacial score (nSPS) is 25.9. The van der Waals surface area contributed by atoms with E-state index in [1.165, 1.54) is 122 Å². The Bertz CT molecular complexity index is 1280. The zero-order valence-corrected chi connectivity index (χ0v) is 43.1. The molecule has 0 aromatic rings. The third-order valence-corrected chi connectivity index (χ3v) is 13.1. The van der Waals surface area contributed by atoms with Crippen LogP contribution in [0.15, 0.2) is 36.5 Å². The molecule has 0 amide bonds. The highest BCUT2D eigenvalue weighted by atomic mass is 16.7. The molecule has 404 valence electrons. The highest BCUT2D eigenvalue weighted by Gasteiger charge is 2.47. The number of esters is 1. The van der Waals surface area contributed by atoms with Gasteiger partial charge in [-0.25, -0.2) is 0 Å². The maximum absolute atomic E-state index is 13.0. The van der Waals surface area contributed by atoms with Crippen molar-refractivity contribution in [2.45, 2.75) is 274 Å². The first kappa shape index (κ1) is 63.3. The molecule has 2 aliphatic heterocycles. The van der Waals surface area contributed by atoms with Gasteiger partial charge in [-0.3, -0.25) is 4.79 Å². The Hall–Kier alpha value is -1.79. The van der Waals surface area contributed by atoms with E-state index < -0.39 is 80.7 Å². The fourth-order valence-corrected chi connectivity index (χ4v) is 8.60. The van der Waals surface area contributed by atoms with Gasteiger partial charge in [0, 0.05) is 13.0 Å². The maximum Gasteiger partial charge on any atom is 0.306 e. The van der Waals surface area contributed by atoms with Gasteiger partial charge in [0.15, 0.2) is 12.6 Å². The second-order valence-corrected chi connectivity index (χ2v) is 19.4. The van der Waals surface area contributed by atoms with Crippen molar-refractivity contribution in [2.24, 2.45) is 0 Å². The van der Waals surface area contributed by atoms with Gasteiger partial charge >= 0.3 is 5.97 Å². The summed E-state index contributed by atoms with van der Waals surface area (Å²) in [4.78, 5) is 13.0. The van der Waals surface area contributed by atoms with Crippen molar-refractivity contribution in [1.82, 2.24) is 0 Å². The maximum atomic E-state index is 13.0. The van der Waals surface area contributed by atoms with Crippen molar-refractivity contribution in [1.29, 1.82) is 0 Å². The minimum atomic E-state index is -1.71. The summed E-state index contributed by atoms with van der Waals surface area (Å²) >= 11 is 0. The largest absolute Gasteiger partial charge is 0.457 e. The first-order valence-corrected chi connectivity index (χ1v) is 27.6. The Morgan fingerprint density at radius 3 is 1.42 bits per heavy atom. The van der Waals surface area contributed by atoms with Gasteiger partial charge in [-0.05, 0) is 70.6 Å². The van der Waals surface area contributed by atoms with Gasteiger partial charge in [0.05, 0.1) is 26.4 Å². The molecule has 2 aliphatic rings. The van der Waals surface area contributed by atoms with Gasteiger partial charge in [0.2, 0.25) is 0 Å². The van der Waals surface area contributed by atoms with Crippen LogP contribution < -0.4 is 0 Å². The summed E-state index contributed by atoms with van der Waals surface area (Å²) in [5, 5.41) is 72.2. The van der Waals surface area contributed by atoms with E-state index in [4.69, 9.17) is 28.4 Å². The summed E-state index contributed by atoms with van der Waals surface area (Å²) in [5.74, 6) is -0.385. The lowest BCUT2D eigenvalue weighted by molar-refractivity contribution is -0.332. The molecule has 7 N–H and O–H groups in total. The lowest BCUT2D eigenvalue weighted by Gasteiger charge is -2.42. The van der Waals surface area contributed by atoms with Crippen molar-refractivity contribution in [3.05, 3.63) is 36.5 Å². The highest BCUT2D eigenvalue weighted by Crippen LogP contribution is 2.26. The molecule has 11 unspecified atom stereocenters. The van der Waals surface area contributed by atoms with Crippen LogP contribution in [0.2, 0.25) is 0 Å². The molecule has 14 heteroatoms. The number of unbranched alkanes of at least 4 members (excludes halogenated alkanes) is 24. The van der Waals surface area contributed by atoms with Gasteiger partial charge in [0.25, 0.3) is 0 Å². The second kappa shape index (κ2) is 42.7. The van der Waals surface area contributed by atoms with Gasteiger partial charge in [-0.15, -0.1) is 0 Å². The van der Waals surface area contributed by atoms with Crippen LogP contribution in [0.25, 0.3) is 0 Å². The number of hydrogen-bond donors (Lipinski definition) is 7. The molecule has 2 saturated heterocycles. The SMILES string of the molecule is CCCCCC/C=C\C/C=C\CCCCCCCCCC(=O)OC(COCCCCCCCC/C=C\CCCCCCCCC)COC1OC(COC2OC(CO)C(O)C(O)C2O)C(O)C(O)C1O. The van der Waals surface area contributed by atoms with E-state index in [1.807, 2.05) is 0 Å². The molecule has 0 radical (unpaired) electrons. The summed E-state index contributed by atoms with van der Waals surface area (Å²) in [6.07, 6.45) is 32.0. The summed E-state index contributed by atoms with van der Waals surface area (Å²) in [6.45, 7) is 3.66. The molecular formula is C55H100O14. The Morgan fingerprint density at radius 1 is 0.478 bits per heavy atom. The molecule has 2 rings (SSSR count). The lowest BCUT2D eigenvalue weighted by atomic mass is 9.98. The monoisotopic (exact) mass is 985 g/mol. The summed E-state index contributed by atoms with van der Waals surface area (Å²) in [5.41, 5.74) is 0. The number of rotatable bonds is 44. The Labute approximate surface area is 417 Å². The molecule has 14 nitrogen and oxygen atoms in total. The first-order chi connectivity index (χ1) is 33.6. The summed E-state index contributed by atoms with van der Waals surface area (Å²) in [7, 11) is 0. The van der Waals surface area contributed by atoms with Crippen molar-refractivity contribution < 1.29 is 69.0 Å². The topological polar surface area (TPSA) is 214 Å². The van der Waals surface area contributed by atoms with Crippen molar-refractivity contribution in [3.63, 3.8) is 0 Å². The Morgan fingerprint density at radius 2 is 0.899 bits per heavy atom. The molecule has 11 atom stereocenters. The molecule has 2 fully saturated rings. The molecule has 0 aromatic heterocycles. The van der Waals surface area contributed by atoms with Gasteiger partial charge in [-0.1, -0.05) is 166 Å². The third-order valence-electron chi connectivity index (χ3n) is 13.1. The number of carbonyl (C=O) groups excluding carboxylic acids is 1. The highest BCUT2D eigenvalue weighted by molar-refractivity contribution is 5.69. The van der Waals surface area contributed by atoms with Gasteiger partial charge in [0.1, 0.15) is 54.9 Å². The predicted octanol–water partition coefficient (Wildman–Crippen LogP) is 8.97. The molecule has 0 bridgehead atoms. The second-order valence-electron chi connectivity index (χ2n) is 19.4. The first-order valence-electron chi connectivity index (χ1n) is 27.6. The smallest absolute Gasteiger partial charge is 0.306 e. The van der Waals surface area contributed by atoms with Gasteiger partial charge < -0.3 is 64.2 Å².